The standard InChI is InChI=1S/C16H20ClN3O2/c1-20-9-12(5-6-15(20)21)18-16(22)19-14-8-13(14)10-3-2-4-11(17)7-10/h2-4,7,12-14H,5-6,8-9H2,1H3,(H2,18,19,22)/t12-,13-,14-/m1/s1. The predicted molar refractivity (Wildman–Crippen MR) is 84.9 cm³/mol. The van der Waals surface area contributed by atoms with Crippen LogP contribution in [0.15, 0.2) is 24.3 Å². The van der Waals surface area contributed by atoms with E-state index >= 15 is 0 Å². The zero-order valence-corrected chi connectivity index (χ0v) is 13.3. The van der Waals surface area contributed by atoms with E-state index in [1.54, 1.807) is 11.9 Å². The molecule has 6 heteroatoms. The molecule has 1 saturated heterocycles. The molecule has 1 aromatic rings. The Bertz CT molecular complexity index is 593. The van der Waals surface area contributed by atoms with E-state index in [2.05, 4.69) is 10.6 Å². The molecule has 1 aliphatic heterocycles. The van der Waals surface area contributed by atoms with Crippen LogP contribution in [0.4, 0.5) is 4.79 Å². The fourth-order valence-electron chi connectivity index (χ4n) is 2.99. The van der Waals surface area contributed by atoms with Crippen molar-refractivity contribution in [1.82, 2.24) is 15.5 Å². The number of nitrogens with zero attached hydrogens (tertiary/aromatic N) is 1. The summed E-state index contributed by atoms with van der Waals surface area (Å²) in [6.07, 6.45) is 2.14. The average Bonchev–Trinajstić information content (AvgIpc) is 3.22. The third-order valence-corrected chi connectivity index (χ3v) is 4.58. The SMILES string of the molecule is CN1C[C@H](NC(=O)N[C@@H]2C[C@@H]2c2cccc(Cl)c2)CCC1=O. The van der Waals surface area contributed by atoms with Gasteiger partial charge >= 0.3 is 6.03 Å². The minimum Gasteiger partial charge on any atom is -0.344 e. The molecule has 2 fully saturated rings. The van der Waals surface area contributed by atoms with Gasteiger partial charge in [0.1, 0.15) is 0 Å². The molecule has 1 heterocycles. The van der Waals surface area contributed by atoms with E-state index in [1.807, 2.05) is 24.3 Å². The van der Waals surface area contributed by atoms with Crippen LogP contribution in [0.5, 0.6) is 0 Å². The van der Waals surface area contributed by atoms with Gasteiger partial charge in [0.25, 0.3) is 0 Å². The highest BCUT2D eigenvalue weighted by molar-refractivity contribution is 6.30. The van der Waals surface area contributed by atoms with Gasteiger partial charge in [-0.2, -0.15) is 0 Å². The first-order chi connectivity index (χ1) is 10.5. The lowest BCUT2D eigenvalue weighted by atomic mass is 10.1. The number of halogens is 1. The number of amides is 3. The molecule has 3 atom stereocenters. The number of carbonyl (C=O) groups excluding carboxylic acids is 2. The van der Waals surface area contributed by atoms with Gasteiger partial charge in [-0.25, -0.2) is 4.79 Å². The molecule has 0 unspecified atom stereocenters. The van der Waals surface area contributed by atoms with Crippen LogP contribution in [-0.4, -0.2) is 42.5 Å². The smallest absolute Gasteiger partial charge is 0.315 e. The van der Waals surface area contributed by atoms with Crippen LogP contribution in [0, 0.1) is 0 Å². The van der Waals surface area contributed by atoms with Crippen LogP contribution in [0.3, 0.4) is 0 Å². The Labute approximate surface area is 135 Å². The number of likely N-dealkylation sites (N-methyl/N-ethyl adjacent to an activating group) is 1. The Morgan fingerprint density at radius 1 is 1.36 bits per heavy atom. The summed E-state index contributed by atoms with van der Waals surface area (Å²) in [5.41, 5.74) is 1.17. The van der Waals surface area contributed by atoms with Crippen LogP contribution in [0.1, 0.15) is 30.7 Å². The van der Waals surface area contributed by atoms with Crippen molar-refractivity contribution in [3.8, 4) is 0 Å². The highest BCUT2D eigenvalue weighted by atomic mass is 35.5. The number of carbonyl (C=O) groups is 2. The summed E-state index contributed by atoms with van der Waals surface area (Å²) in [6, 6.07) is 7.83. The summed E-state index contributed by atoms with van der Waals surface area (Å²) in [4.78, 5) is 25.1. The van der Waals surface area contributed by atoms with Crippen molar-refractivity contribution in [3.05, 3.63) is 34.9 Å². The highest BCUT2D eigenvalue weighted by Gasteiger charge is 2.39. The number of benzene rings is 1. The molecule has 2 aliphatic rings. The van der Waals surface area contributed by atoms with Crippen molar-refractivity contribution in [3.63, 3.8) is 0 Å². The molecular weight excluding hydrogens is 302 g/mol. The minimum absolute atomic E-state index is 0.0334. The maximum absolute atomic E-state index is 12.0. The summed E-state index contributed by atoms with van der Waals surface area (Å²) < 4.78 is 0. The molecule has 0 spiro atoms. The normalized spacial score (nSPS) is 27.5. The molecule has 118 valence electrons. The molecule has 0 aromatic heterocycles. The largest absolute Gasteiger partial charge is 0.344 e. The maximum atomic E-state index is 12.0. The first kappa shape index (κ1) is 15.2. The zero-order chi connectivity index (χ0) is 15.7. The lowest BCUT2D eigenvalue weighted by Gasteiger charge is -2.30. The van der Waals surface area contributed by atoms with Crippen molar-refractivity contribution >= 4 is 23.5 Å². The van der Waals surface area contributed by atoms with E-state index in [0.717, 1.165) is 11.4 Å². The van der Waals surface area contributed by atoms with Crippen molar-refractivity contribution < 1.29 is 9.59 Å². The Hall–Kier alpha value is -1.75. The van der Waals surface area contributed by atoms with Crippen LogP contribution >= 0.6 is 11.6 Å². The highest BCUT2D eigenvalue weighted by Crippen LogP contribution is 2.41. The summed E-state index contributed by atoms with van der Waals surface area (Å²) >= 11 is 5.99. The minimum atomic E-state index is -0.151. The molecule has 22 heavy (non-hydrogen) atoms. The van der Waals surface area contributed by atoms with Gasteiger partial charge in [-0.15, -0.1) is 0 Å². The fraction of sp³-hybridized carbons (Fsp3) is 0.500. The van der Waals surface area contributed by atoms with Gasteiger partial charge in [0.05, 0.1) is 0 Å². The number of piperidine rings is 1. The van der Waals surface area contributed by atoms with Gasteiger partial charge < -0.3 is 15.5 Å². The number of rotatable bonds is 3. The molecule has 2 N–H and O–H groups in total. The van der Waals surface area contributed by atoms with Gasteiger partial charge in [0.15, 0.2) is 0 Å². The first-order valence-electron chi connectivity index (χ1n) is 7.59. The van der Waals surface area contributed by atoms with E-state index < -0.39 is 0 Å². The number of hydrogen-bond donors (Lipinski definition) is 2. The van der Waals surface area contributed by atoms with Gasteiger partial charge in [-0.1, -0.05) is 23.7 Å². The van der Waals surface area contributed by atoms with Gasteiger partial charge in [-0.05, 0) is 30.5 Å². The van der Waals surface area contributed by atoms with Crippen molar-refractivity contribution in [1.29, 1.82) is 0 Å². The predicted octanol–water partition coefficient (Wildman–Crippen LogP) is 2.12. The van der Waals surface area contributed by atoms with E-state index in [9.17, 15) is 9.59 Å². The average molecular weight is 322 g/mol. The van der Waals surface area contributed by atoms with E-state index in [0.29, 0.717) is 25.3 Å². The van der Waals surface area contributed by atoms with Gasteiger partial charge in [-0.3, -0.25) is 4.79 Å². The maximum Gasteiger partial charge on any atom is 0.315 e. The third-order valence-electron chi connectivity index (χ3n) is 4.35. The van der Waals surface area contributed by atoms with E-state index in [-0.39, 0.29) is 24.0 Å². The quantitative estimate of drug-likeness (QED) is 0.895. The molecule has 3 rings (SSSR count). The number of hydrogen-bond acceptors (Lipinski definition) is 2. The van der Waals surface area contributed by atoms with Crippen molar-refractivity contribution in [2.45, 2.75) is 37.3 Å². The van der Waals surface area contributed by atoms with Crippen molar-refractivity contribution in [2.24, 2.45) is 0 Å². The van der Waals surface area contributed by atoms with Crippen molar-refractivity contribution in [2.75, 3.05) is 13.6 Å². The number of nitrogens with one attached hydrogen (secondary N) is 2. The number of urea groups is 1. The summed E-state index contributed by atoms with van der Waals surface area (Å²) in [5.74, 6) is 0.488. The van der Waals surface area contributed by atoms with E-state index in [4.69, 9.17) is 11.6 Å². The van der Waals surface area contributed by atoms with E-state index in [1.165, 1.54) is 5.56 Å². The Morgan fingerprint density at radius 2 is 2.18 bits per heavy atom. The molecular formula is C16H20ClN3O2. The monoisotopic (exact) mass is 321 g/mol. The summed E-state index contributed by atoms with van der Waals surface area (Å²) in [7, 11) is 1.77. The molecule has 0 bridgehead atoms. The van der Waals surface area contributed by atoms with Crippen LogP contribution < -0.4 is 10.6 Å². The van der Waals surface area contributed by atoms with Crippen LogP contribution in [0.2, 0.25) is 5.02 Å². The second-order valence-electron chi connectivity index (χ2n) is 6.13. The third kappa shape index (κ3) is 3.53. The van der Waals surface area contributed by atoms with Crippen LogP contribution in [-0.2, 0) is 4.79 Å². The summed E-state index contributed by atoms with van der Waals surface area (Å²) in [6.45, 7) is 0.578. The first-order valence-corrected chi connectivity index (χ1v) is 7.97. The second-order valence-corrected chi connectivity index (χ2v) is 6.57. The Balaban J connectivity index is 1.47. The molecule has 1 aromatic carbocycles. The zero-order valence-electron chi connectivity index (χ0n) is 12.5. The number of likely N-dealkylation sites (tertiary alicyclic amines) is 1. The summed E-state index contributed by atoms with van der Waals surface area (Å²) in [5, 5.41) is 6.68. The molecule has 5 nitrogen and oxygen atoms in total. The Kier molecular flexibility index (Phi) is 4.25. The topological polar surface area (TPSA) is 61.4 Å². The van der Waals surface area contributed by atoms with Gasteiger partial charge in [0, 0.05) is 43.0 Å². The fourth-order valence-corrected chi connectivity index (χ4v) is 3.18. The lowest BCUT2D eigenvalue weighted by Crippen LogP contribution is -2.51. The lowest BCUT2D eigenvalue weighted by molar-refractivity contribution is -0.132. The molecule has 0 radical (unpaired) electrons. The molecule has 1 saturated carbocycles. The molecule has 1 aliphatic carbocycles. The second kappa shape index (κ2) is 6.16. The van der Waals surface area contributed by atoms with Crippen LogP contribution in [0.25, 0.3) is 0 Å². The molecule has 3 amide bonds. The van der Waals surface area contributed by atoms with Gasteiger partial charge in [0.2, 0.25) is 5.91 Å². The Morgan fingerprint density at radius 3 is 2.91 bits per heavy atom.